The molecule has 42 heavy (non-hydrogen) atoms. The summed E-state index contributed by atoms with van der Waals surface area (Å²) in [5, 5.41) is 1.98. The molecule has 0 aromatic heterocycles. The molecule has 0 spiro atoms. The number of hydrazine groups is 1. The number of nitrogens with one attached hydrogen (secondary N) is 1. The fourth-order valence-corrected chi connectivity index (χ4v) is 8.24. The van der Waals surface area contributed by atoms with Crippen molar-refractivity contribution in [3.63, 3.8) is 0 Å². The van der Waals surface area contributed by atoms with Crippen LogP contribution in [0.5, 0.6) is 0 Å². The maximum Gasteiger partial charge on any atom is 0.214 e. The Morgan fingerprint density at radius 2 is 1.74 bits per heavy atom. The molecule has 0 saturated heterocycles. The Morgan fingerprint density at radius 3 is 2.50 bits per heavy atom. The lowest BCUT2D eigenvalue weighted by molar-refractivity contribution is 0.356. The summed E-state index contributed by atoms with van der Waals surface area (Å²) in [4.78, 5) is 0. The van der Waals surface area contributed by atoms with E-state index in [0.29, 0.717) is 24.9 Å². The second-order valence-corrected chi connectivity index (χ2v) is 13.9. The Morgan fingerprint density at radius 1 is 1.00 bits per heavy atom. The molecule has 2 aromatic rings. The van der Waals surface area contributed by atoms with Crippen molar-refractivity contribution in [2.24, 2.45) is 11.8 Å². The normalized spacial score (nSPS) is 20.0. The first-order valence-electron chi connectivity index (χ1n) is 15.5. The summed E-state index contributed by atoms with van der Waals surface area (Å²) in [7, 11) is -3.50. The van der Waals surface area contributed by atoms with Crippen LogP contribution in [0.15, 0.2) is 83.2 Å². The molecule has 1 aliphatic heterocycles. The first-order chi connectivity index (χ1) is 20.3. The zero-order chi connectivity index (χ0) is 29.7. The molecular weight excluding hydrogens is 552 g/mol. The molecule has 1 N–H and O–H groups in total. The van der Waals surface area contributed by atoms with E-state index in [1.807, 2.05) is 11.2 Å². The van der Waals surface area contributed by atoms with Crippen molar-refractivity contribution in [2.75, 3.05) is 23.9 Å². The van der Waals surface area contributed by atoms with Crippen molar-refractivity contribution in [3.05, 3.63) is 100 Å². The van der Waals surface area contributed by atoms with Crippen LogP contribution in [0.1, 0.15) is 70.8 Å². The highest BCUT2D eigenvalue weighted by molar-refractivity contribution is 7.89. The van der Waals surface area contributed by atoms with E-state index < -0.39 is 10.0 Å². The summed E-state index contributed by atoms with van der Waals surface area (Å²) in [5.74, 6) is -0.196. The van der Waals surface area contributed by atoms with E-state index in [2.05, 4.69) is 25.3 Å². The molecule has 2 aliphatic carbocycles. The Labute approximate surface area is 250 Å². The van der Waals surface area contributed by atoms with Gasteiger partial charge in [-0.25, -0.2) is 21.5 Å². The number of nitrogens with zero attached hydrogens (tertiary/aromatic N) is 2. The summed E-state index contributed by atoms with van der Waals surface area (Å²) < 4.78 is 57.1. The average Bonchev–Trinajstić information content (AvgIpc) is 3.59. The molecule has 0 bridgehead atoms. The van der Waals surface area contributed by atoms with E-state index in [0.717, 1.165) is 55.5 Å². The molecule has 2 atom stereocenters. The van der Waals surface area contributed by atoms with Gasteiger partial charge in [0.1, 0.15) is 11.6 Å². The topological polar surface area (TPSA) is 52.7 Å². The minimum atomic E-state index is -3.50. The highest BCUT2D eigenvalue weighted by atomic mass is 32.2. The van der Waals surface area contributed by atoms with Crippen LogP contribution in [0.2, 0.25) is 0 Å². The Bertz CT molecular complexity index is 1450. The largest absolute Gasteiger partial charge is 0.301 e. The standard InChI is InChI=1S/C34H43F2N3O2S/c1-3-4-5-6-7-10-21-42(40,41)38(20-19-26-11-8-9-12-32(26)36)24-28-14-13-27-22-33-31(25(2)34(27)28)23-37-39(33)30-17-15-29(35)16-18-30/h8-9,11-12,15-18,22-23,25,28,37H,3-7,10,13-14,19-21,24H2,1-2H3/t25-,28+/m0/s1. The Hall–Kier alpha value is -2.97. The zero-order valence-electron chi connectivity index (χ0n) is 24.8. The molecule has 0 fully saturated rings. The summed E-state index contributed by atoms with van der Waals surface area (Å²) in [5.41, 5.74) is 9.51. The fourth-order valence-electron chi connectivity index (χ4n) is 6.64. The third-order valence-corrected chi connectivity index (χ3v) is 10.9. The number of sulfonamides is 1. The van der Waals surface area contributed by atoms with Gasteiger partial charge < -0.3 is 5.43 Å². The van der Waals surface area contributed by atoms with Gasteiger partial charge in [-0.2, -0.15) is 0 Å². The average molecular weight is 596 g/mol. The molecule has 0 saturated carbocycles. The van der Waals surface area contributed by atoms with E-state index >= 15 is 0 Å². The molecular formula is C34H43F2N3O2S. The number of hydrogen-bond donors (Lipinski definition) is 1. The van der Waals surface area contributed by atoms with Crippen molar-refractivity contribution < 1.29 is 17.2 Å². The van der Waals surface area contributed by atoms with Crippen LogP contribution in [0, 0.1) is 23.5 Å². The minimum Gasteiger partial charge on any atom is -0.301 e. The van der Waals surface area contributed by atoms with Crippen LogP contribution in [-0.2, 0) is 16.4 Å². The summed E-state index contributed by atoms with van der Waals surface area (Å²) in [6.07, 6.45) is 12.4. The van der Waals surface area contributed by atoms with Crippen molar-refractivity contribution >= 4 is 15.7 Å². The van der Waals surface area contributed by atoms with Crippen molar-refractivity contribution in [2.45, 2.75) is 71.6 Å². The van der Waals surface area contributed by atoms with Crippen LogP contribution in [0.4, 0.5) is 14.5 Å². The van der Waals surface area contributed by atoms with Crippen LogP contribution in [0.25, 0.3) is 0 Å². The molecule has 3 aliphatic rings. The molecule has 0 amide bonds. The maximum atomic E-state index is 14.4. The summed E-state index contributed by atoms with van der Waals surface area (Å²) in [6.45, 7) is 5.06. The molecule has 226 valence electrons. The molecule has 0 unspecified atom stereocenters. The van der Waals surface area contributed by atoms with E-state index in [1.54, 1.807) is 34.6 Å². The quantitative estimate of drug-likeness (QED) is 0.228. The van der Waals surface area contributed by atoms with E-state index in [1.165, 1.54) is 35.8 Å². The maximum absolute atomic E-state index is 14.4. The van der Waals surface area contributed by atoms with Gasteiger partial charge in [-0.05, 0) is 79.1 Å². The van der Waals surface area contributed by atoms with Gasteiger partial charge in [-0.15, -0.1) is 0 Å². The monoisotopic (exact) mass is 595 g/mol. The van der Waals surface area contributed by atoms with Gasteiger partial charge in [-0.1, -0.05) is 69.7 Å². The highest BCUT2D eigenvalue weighted by Crippen LogP contribution is 2.48. The molecule has 8 heteroatoms. The Balaban J connectivity index is 1.34. The highest BCUT2D eigenvalue weighted by Gasteiger charge is 2.39. The number of rotatable bonds is 14. The number of benzene rings is 2. The Kier molecular flexibility index (Phi) is 9.84. The minimum absolute atomic E-state index is 0.105. The van der Waals surface area contributed by atoms with Crippen molar-refractivity contribution in [1.29, 1.82) is 0 Å². The molecule has 2 aromatic carbocycles. The zero-order valence-corrected chi connectivity index (χ0v) is 25.6. The van der Waals surface area contributed by atoms with Crippen LogP contribution in [-0.4, -0.2) is 31.6 Å². The molecule has 5 nitrogen and oxygen atoms in total. The van der Waals surface area contributed by atoms with Gasteiger partial charge in [0.15, 0.2) is 0 Å². The third-order valence-electron chi connectivity index (χ3n) is 8.95. The van der Waals surface area contributed by atoms with Gasteiger partial charge in [-0.3, -0.25) is 5.01 Å². The van der Waals surface area contributed by atoms with E-state index in [-0.39, 0.29) is 35.8 Å². The number of allylic oxidation sites excluding steroid dienone is 3. The van der Waals surface area contributed by atoms with Crippen LogP contribution in [0.3, 0.4) is 0 Å². The van der Waals surface area contributed by atoms with Crippen molar-refractivity contribution in [3.8, 4) is 0 Å². The van der Waals surface area contributed by atoms with Crippen LogP contribution >= 0.6 is 0 Å². The summed E-state index contributed by atoms with van der Waals surface area (Å²) >= 11 is 0. The van der Waals surface area contributed by atoms with Crippen molar-refractivity contribution in [1.82, 2.24) is 9.73 Å². The second-order valence-electron chi connectivity index (χ2n) is 11.8. The number of fused-ring (bicyclic) bond motifs is 1. The molecule has 5 rings (SSSR count). The SMILES string of the molecule is CCCCCCCCS(=O)(=O)N(CCc1ccccc1F)C[C@H]1CCC2=C1[C@@H](C)C1=CNN(c3ccc(F)cc3)C1=C2. The lowest BCUT2D eigenvalue weighted by Gasteiger charge is -2.32. The van der Waals surface area contributed by atoms with Gasteiger partial charge in [0.05, 0.1) is 17.1 Å². The number of hydrogen-bond acceptors (Lipinski definition) is 4. The number of unbranched alkanes of at least 4 members (excludes halogenated alkanes) is 5. The third kappa shape index (κ3) is 6.81. The van der Waals surface area contributed by atoms with Gasteiger partial charge in [0, 0.05) is 30.8 Å². The fraction of sp³-hybridized carbons (Fsp3) is 0.471. The molecule has 1 heterocycles. The lowest BCUT2D eigenvalue weighted by atomic mass is 9.80. The first-order valence-corrected chi connectivity index (χ1v) is 17.1. The molecule has 0 radical (unpaired) electrons. The van der Waals surface area contributed by atoms with Gasteiger partial charge in [0.25, 0.3) is 0 Å². The van der Waals surface area contributed by atoms with Crippen LogP contribution < -0.4 is 10.4 Å². The first kappa shape index (κ1) is 30.5. The van der Waals surface area contributed by atoms with E-state index in [4.69, 9.17) is 0 Å². The number of halogens is 2. The van der Waals surface area contributed by atoms with Gasteiger partial charge in [0.2, 0.25) is 10.0 Å². The number of anilines is 1. The van der Waals surface area contributed by atoms with Gasteiger partial charge >= 0.3 is 0 Å². The smallest absolute Gasteiger partial charge is 0.214 e. The second kappa shape index (κ2) is 13.6. The predicted octanol–water partition coefficient (Wildman–Crippen LogP) is 7.65. The lowest BCUT2D eigenvalue weighted by Crippen LogP contribution is -2.39. The predicted molar refractivity (Wildman–Crippen MR) is 166 cm³/mol. The van der Waals surface area contributed by atoms with E-state index in [9.17, 15) is 17.2 Å². The summed E-state index contributed by atoms with van der Waals surface area (Å²) in [6, 6.07) is 13.1.